The Balaban J connectivity index is 1.63. The number of likely N-dealkylation sites (N-methyl/N-ethyl adjacent to an activating group) is 2. The summed E-state index contributed by atoms with van der Waals surface area (Å²) in [6.45, 7) is 16.9. The maximum absolute atomic E-state index is 14.6. The molecule has 3 rings (SSSR count). The number of ether oxygens (including phenoxy) is 6. The third-order valence-corrected chi connectivity index (χ3v) is 14.4. The quantitative estimate of drug-likeness (QED) is 0.0635. The smallest absolute Gasteiger partial charge is 0.245 e. The second kappa shape index (κ2) is 33.6. The zero-order valence-corrected chi connectivity index (χ0v) is 45.7. The predicted molar refractivity (Wildman–Crippen MR) is 275 cm³/mol. The minimum Gasteiger partial charge on any atom is -0.379 e. The van der Waals surface area contributed by atoms with E-state index in [9.17, 15) is 24.0 Å². The lowest BCUT2D eigenvalue weighted by Gasteiger charge is -2.41. The van der Waals surface area contributed by atoms with E-state index in [2.05, 4.69) is 20.5 Å². The molecule has 1 unspecified atom stereocenters. The van der Waals surface area contributed by atoms with Crippen molar-refractivity contribution in [3.05, 3.63) is 52.5 Å². The first-order valence-electron chi connectivity index (χ1n) is 25.6. The van der Waals surface area contributed by atoms with Crippen LogP contribution >= 0.6 is 11.3 Å². The number of carbonyl (C=O) groups is 5. The Bertz CT molecular complexity index is 1860. The van der Waals surface area contributed by atoms with Gasteiger partial charge in [-0.15, -0.1) is 11.3 Å². The molecule has 19 nitrogen and oxygen atoms in total. The molecule has 1 aliphatic rings. The highest BCUT2D eigenvalue weighted by molar-refractivity contribution is 7.09. The van der Waals surface area contributed by atoms with E-state index in [1.807, 2.05) is 89.1 Å². The number of thiazole rings is 1. The lowest BCUT2D eigenvalue weighted by molar-refractivity contribution is -0.148. The molecule has 1 fully saturated rings. The predicted octanol–water partition coefficient (Wildman–Crippen LogP) is 4.43. The molecule has 0 bridgehead atoms. The Labute approximate surface area is 432 Å². The monoisotopic (exact) mass is 1030 g/mol. The second-order valence-corrected chi connectivity index (χ2v) is 20.1. The van der Waals surface area contributed by atoms with Crippen molar-refractivity contribution < 1.29 is 57.2 Å². The van der Waals surface area contributed by atoms with Crippen LogP contribution in [0.3, 0.4) is 0 Å². The molecule has 2 aromatic rings. The summed E-state index contributed by atoms with van der Waals surface area (Å²) in [4.78, 5) is 84.5. The van der Waals surface area contributed by atoms with Crippen molar-refractivity contribution in [1.29, 1.82) is 0 Å². The van der Waals surface area contributed by atoms with Crippen LogP contribution in [0, 0.1) is 23.7 Å². The molecule has 9 atom stereocenters. The lowest BCUT2D eigenvalue weighted by atomic mass is 9.89. The summed E-state index contributed by atoms with van der Waals surface area (Å²) in [5.74, 6) is 2.26. The standard InChI is InChI=1S/C52H87N7O12S/c1-12-37(6)47(42(65-10)34-44(61)59-22-16-19-41(59)48(66-11)38(7)49(62)55-40(51-54-21-32-72-51)33-39-17-14-13-15-18-39)58(9)52(64)45(35(2)3)56-50(63)46(36(4)5)57(8)43(60)20-23-67-24-25-68-26-27-69-28-29-70-30-31-71-53/h13-15,17-18,21,32,35-38,40-42,45-48H,12,16,19-20,22-31,33-34,53H2,1-11H3,(H,55,62)(H,56,63)/t37-,38+,40-,41-,42+,45-,46?,47-,48+/m0/s1. The molecule has 1 saturated heterocycles. The Morgan fingerprint density at radius 3 is 1.94 bits per heavy atom. The van der Waals surface area contributed by atoms with E-state index in [0.29, 0.717) is 72.1 Å². The summed E-state index contributed by atoms with van der Waals surface area (Å²) in [6.07, 6.45) is 3.14. The van der Waals surface area contributed by atoms with E-state index in [-0.39, 0.29) is 79.5 Å². The van der Waals surface area contributed by atoms with Gasteiger partial charge in [0.2, 0.25) is 29.5 Å². The average Bonchev–Trinajstić information content (AvgIpc) is 4.09. The van der Waals surface area contributed by atoms with Crippen LogP contribution in [0.25, 0.3) is 0 Å². The minimum atomic E-state index is -0.938. The molecular formula is C52H87N7O12S. The number of benzene rings is 1. The first-order valence-corrected chi connectivity index (χ1v) is 26.4. The van der Waals surface area contributed by atoms with E-state index in [0.717, 1.165) is 17.0 Å². The summed E-state index contributed by atoms with van der Waals surface area (Å²) in [5.41, 5.74) is 1.07. The first kappa shape index (κ1) is 62.2. The van der Waals surface area contributed by atoms with Crippen LogP contribution in [0.2, 0.25) is 0 Å². The molecule has 1 aromatic heterocycles. The number of rotatable bonds is 36. The lowest BCUT2D eigenvalue weighted by Crippen LogP contribution is -2.60. The van der Waals surface area contributed by atoms with Crippen LogP contribution in [-0.2, 0) is 63.7 Å². The van der Waals surface area contributed by atoms with Gasteiger partial charge < -0.3 is 58.6 Å². The normalized spacial score (nSPS) is 17.2. The highest BCUT2D eigenvalue weighted by Gasteiger charge is 2.43. The van der Waals surface area contributed by atoms with Crippen LogP contribution in [0.5, 0.6) is 0 Å². The molecule has 1 aromatic carbocycles. The largest absolute Gasteiger partial charge is 0.379 e. The highest BCUT2D eigenvalue weighted by Crippen LogP contribution is 2.31. The number of nitrogens with zero attached hydrogens (tertiary/aromatic N) is 4. The van der Waals surface area contributed by atoms with E-state index in [1.165, 1.54) is 16.2 Å². The molecule has 0 saturated carbocycles. The molecule has 408 valence electrons. The molecule has 72 heavy (non-hydrogen) atoms. The fraction of sp³-hybridized carbons (Fsp3) is 0.731. The molecule has 4 N–H and O–H groups in total. The van der Waals surface area contributed by atoms with Gasteiger partial charge in [0, 0.05) is 46.4 Å². The van der Waals surface area contributed by atoms with Gasteiger partial charge in [0.25, 0.3) is 0 Å². The fourth-order valence-electron chi connectivity index (χ4n) is 9.32. The van der Waals surface area contributed by atoms with E-state index >= 15 is 0 Å². The summed E-state index contributed by atoms with van der Waals surface area (Å²) in [5, 5.41) is 8.93. The van der Waals surface area contributed by atoms with Crippen molar-refractivity contribution in [2.75, 3.05) is 94.3 Å². The molecular weight excluding hydrogens is 947 g/mol. The zero-order valence-electron chi connectivity index (χ0n) is 44.9. The van der Waals surface area contributed by atoms with Crippen LogP contribution in [-0.4, -0.2) is 180 Å². The number of likely N-dealkylation sites (tertiary alicyclic amines) is 1. The van der Waals surface area contributed by atoms with Gasteiger partial charge in [-0.1, -0.05) is 85.2 Å². The highest BCUT2D eigenvalue weighted by atomic mass is 32.1. The Morgan fingerprint density at radius 1 is 0.806 bits per heavy atom. The molecule has 0 radical (unpaired) electrons. The minimum absolute atomic E-state index is 0.0175. The number of hydrogen-bond donors (Lipinski definition) is 3. The average molecular weight is 1030 g/mol. The van der Waals surface area contributed by atoms with Crippen LogP contribution in [0.15, 0.2) is 41.9 Å². The Hall–Kier alpha value is -4.12. The number of nitrogens with one attached hydrogen (secondary N) is 2. The number of methoxy groups -OCH3 is 2. The number of nitrogens with two attached hydrogens (primary N) is 1. The molecule has 20 heteroatoms. The summed E-state index contributed by atoms with van der Waals surface area (Å²) in [6, 6.07) is 6.92. The van der Waals surface area contributed by atoms with E-state index < -0.39 is 42.2 Å². The third-order valence-electron chi connectivity index (χ3n) is 13.5. The number of aromatic nitrogens is 1. The van der Waals surface area contributed by atoms with Crippen molar-refractivity contribution in [3.63, 3.8) is 0 Å². The molecule has 5 amide bonds. The first-order chi connectivity index (χ1) is 34.5. The van der Waals surface area contributed by atoms with Crippen molar-refractivity contribution in [2.24, 2.45) is 29.6 Å². The zero-order chi connectivity index (χ0) is 53.2. The molecule has 0 aliphatic carbocycles. The van der Waals surface area contributed by atoms with Crippen LogP contribution in [0.1, 0.15) is 97.2 Å². The van der Waals surface area contributed by atoms with Crippen molar-refractivity contribution >= 4 is 40.9 Å². The van der Waals surface area contributed by atoms with Gasteiger partial charge in [0.05, 0.1) is 109 Å². The molecule has 2 heterocycles. The summed E-state index contributed by atoms with van der Waals surface area (Å²) < 4.78 is 34.0. The van der Waals surface area contributed by atoms with Gasteiger partial charge >= 0.3 is 0 Å². The third kappa shape index (κ3) is 19.6. The molecule has 0 spiro atoms. The van der Waals surface area contributed by atoms with E-state index in [1.54, 1.807) is 39.4 Å². The van der Waals surface area contributed by atoms with Gasteiger partial charge in [-0.2, -0.15) is 0 Å². The number of hydrogen-bond acceptors (Lipinski definition) is 15. The fourth-order valence-corrected chi connectivity index (χ4v) is 10.0. The van der Waals surface area contributed by atoms with Crippen molar-refractivity contribution in [3.8, 4) is 0 Å². The maximum Gasteiger partial charge on any atom is 0.245 e. The topological polar surface area (TPSA) is 223 Å². The SMILES string of the molecule is CC[C@H](C)[C@@H]([C@@H](CC(=O)N1CCC[C@H]1[C@H](OC)[C@@H](C)C(=O)N[C@@H](Cc1ccccc1)c1nccs1)OC)N(C)C(=O)[C@@H](NC(=O)C(C(C)C)N(C)C(=O)CCOCCOCCOCCOCCON)C(C)C. The summed E-state index contributed by atoms with van der Waals surface area (Å²) >= 11 is 1.49. The van der Waals surface area contributed by atoms with E-state index in [4.69, 9.17) is 34.3 Å². The number of carbonyl (C=O) groups excluding carboxylic acids is 5. The van der Waals surface area contributed by atoms with Crippen LogP contribution in [0.4, 0.5) is 0 Å². The van der Waals surface area contributed by atoms with Gasteiger partial charge in [-0.25, -0.2) is 10.9 Å². The van der Waals surface area contributed by atoms with Gasteiger partial charge in [-0.05, 0) is 42.6 Å². The Kier molecular flexibility index (Phi) is 29.1. The van der Waals surface area contributed by atoms with Gasteiger partial charge in [-0.3, -0.25) is 24.0 Å². The summed E-state index contributed by atoms with van der Waals surface area (Å²) in [7, 11) is 6.41. The second-order valence-electron chi connectivity index (χ2n) is 19.2. The van der Waals surface area contributed by atoms with Crippen molar-refractivity contribution in [2.45, 2.75) is 129 Å². The molecule has 1 aliphatic heterocycles. The van der Waals surface area contributed by atoms with Gasteiger partial charge in [0.15, 0.2) is 0 Å². The van der Waals surface area contributed by atoms with Crippen molar-refractivity contribution in [1.82, 2.24) is 30.3 Å². The maximum atomic E-state index is 14.6. The Morgan fingerprint density at radius 2 is 1.42 bits per heavy atom. The van der Waals surface area contributed by atoms with Gasteiger partial charge in [0.1, 0.15) is 17.1 Å². The number of amides is 5. The van der Waals surface area contributed by atoms with Crippen LogP contribution < -0.4 is 16.5 Å².